The standard InChI is InChI=1S/C16H15FO3/c1-2-10-19-12-6-8-13(9-7-12)20-16-5-3-4-15(17)14(16)11-18/h3-9,11H,2,10H2,1H3. The Morgan fingerprint density at radius 1 is 1.10 bits per heavy atom. The van der Waals surface area contributed by atoms with E-state index >= 15 is 0 Å². The lowest BCUT2D eigenvalue weighted by molar-refractivity contribution is 0.111. The molecule has 0 saturated heterocycles. The normalized spacial score (nSPS) is 10.1. The molecule has 20 heavy (non-hydrogen) atoms. The average molecular weight is 274 g/mol. The number of hydrogen-bond acceptors (Lipinski definition) is 3. The average Bonchev–Trinajstić information content (AvgIpc) is 2.47. The lowest BCUT2D eigenvalue weighted by atomic mass is 10.2. The zero-order chi connectivity index (χ0) is 14.4. The highest BCUT2D eigenvalue weighted by Crippen LogP contribution is 2.27. The van der Waals surface area contributed by atoms with Gasteiger partial charge in [-0.3, -0.25) is 4.79 Å². The summed E-state index contributed by atoms with van der Waals surface area (Å²) in [5, 5.41) is 0. The van der Waals surface area contributed by atoms with Gasteiger partial charge in [-0.05, 0) is 42.8 Å². The Morgan fingerprint density at radius 3 is 2.45 bits per heavy atom. The van der Waals surface area contributed by atoms with Crippen LogP contribution < -0.4 is 9.47 Å². The first-order chi connectivity index (χ1) is 9.74. The third-order valence-electron chi connectivity index (χ3n) is 2.66. The number of aldehydes is 1. The molecular weight excluding hydrogens is 259 g/mol. The third kappa shape index (κ3) is 3.35. The van der Waals surface area contributed by atoms with Gasteiger partial charge in [0.15, 0.2) is 6.29 Å². The lowest BCUT2D eigenvalue weighted by Crippen LogP contribution is -1.96. The Kier molecular flexibility index (Phi) is 4.71. The Hall–Kier alpha value is -2.36. The van der Waals surface area contributed by atoms with E-state index in [9.17, 15) is 9.18 Å². The summed E-state index contributed by atoms with van der Waals surface area (Å²) >= 11 is 0. The summed E-state index contributed by atoms with van der Waals surface area (Å²) in [5.74, 6) is 0.860. The van der Waals surface area contributed by atoms with Crippen molar-refractivity contribution in [2.45, 2.75) is 13.3 Å². The largest absolute Gasteiger partial charge is 0.494 e. The quantitative estimate of drug-likeness (QED) is 0.740. The fraction of sp³-hybridized carbons (Fsp3) is 0.188. The molecule has 104 valence electrons. The molecule has 0 fully saturated rings. The summed E-state index contributed by atoms with van der Waals surface area (Å²) in [6.07, 6.45) is 1.38. The maximum atomic E-state index is 13.4. The lowest BCUT2D eigenvalue weighted by Gasteiger charge is -2.09. The smallest absolute Gasteiger partial charge is 0.156 e. The second-order valence-electron chi connectivity index (χ2n) is 4.19. The van der Waals surface area contributed by atoms with Gasteiger partial charge in [-0.25, -0.2) is 4.39 Å². The van der Waals surface area contributed by atoms with Crippen LogP contribution in [-0.2, 0) is 0 Å². The first kappa shape index (κ1) is 14.1. The van der Waals surface area contributed by atoms with Crippen LogP contribution in [0.25, 0.3) is 0 Å². The van der Waals surface area contributed by atoms with Crippen LogP contribution in [0.2, 0.25) is 0 Å². The van der Waals surface area contributed by atoms with Crippen LogP contribution in [0.4, 0.5) is 4.39 Å². The van der Waals surface area contributed by atoms with Crippen LogP contribution in [0.15, 0.2) is 42.5 Å². The van der Waals surface area contributed by atoms with Gasteiger partial charge < -0.3 is 9.47 Å². The summed E-state index contributed by atoms with van der Waals surface area (Å²) in [6.45, 7) is 2.68. The van der Waals surface area contributed by atoms with Gasteiger partial charge in [-0.15, -0.1) is 0 Å². The summed E-state index contributed by atoms with van der Waals surface area (Å²) in [5.41, 5.74) is -0.0844. The van der Waals surface area contributed by atoms with Crippen molar-refractivity contribution in [2.24, 2.45) is 0 Å². The van der Waals surface area contributed by atoms with Gasteiger partial charge in [0, 0.05) is 0 Å². The molecule has 0 saturated carbocycles. The van der Waals surface area contributed by atoms with Crippen LogP contribution in [-0.4, -0.2) is 12.9 Å². The molecule has 0 heterocycles. The van der Waals surface area contributed by atoms with Crippen LogP contribution in [0.1, 0.15) is 23.7 Å². The first-order valence-corrected chi connectivity index (χ1v) is 6.39. The molecule has 0 bridgehead atoms. The number of carbonyl (C=O) groups is 1. The molecule has 0 radical (unpaired) electrons. The molecule has 2 aromatic rings. The minimum Gasteiger partial charge on any atom is -0.494 e. The van der Waals surface area contributed by atoms with Gasteiger partial charge in [-0.2, -0.15) is 0 Å². The van der Waals surface area contributed by atoms with E-state index < -0.39 is 5.82 Å². The minimum atomic E-state index is -0.597. The molecule has 2 rings (SSSR count). The van der Waals surface area contributed by atoms with E-state index in [1.54, 1.807) is 30.3 Å². The van der Waals surface area contributed by atoms with Crippen molar-refractivity contribution in [3.05, 3.63) is 53.8 Å². The van der Waals surface area contributed by atoms with Crippen LogP contribution in [0, 0.1) is 5.82 Å². The predicted molar refractivity (Wildman–Crippen MR) is 74.1 cm³/mol. The maximum Gasteiger partial charge on any atom is 0.156 e. The molecule has 0 atom stereocenters. The van der Waals surface area contributed by atoms with E-state index in [0.717, 1.165) is 12.2 Å². The minimum absolute atomic E-state index is 0.0844. The van der Waals surface area contributed by atoms with Crippen LogP contribution >= 0.6 is 0 Å². The number of carbonyl (C=O) groups excluding carboxylic acids is 1. The van der Waals surface area contributed by atoms with Crippen molar-refractivity contribution in [3.63, 3.8) is 0 Å². The summed E-state index contributed by atoms with van der Waals surface area (Å²) < 4.78 is 24.4. The van der Waals surface area contributed by atoms with Gasteiger partial charge in [-0.1, -0.05) is 13.0 Å². The monoisotopic (exact) mass is 274 g/mol. The number of benzene rings is 2. The number of halogens is 1. The zero-order valence-corrected chi connectivity index (χ0v) is 11.1. The Morgan fingerprint density at radius 2 is 1.80 bits per heavy atom. The van der Waals surface area contributed by atoms with Crippen LogP contribution in [0.3, 0.4) is 0 Å². The topological polar surface area (TPSA) is 35.5 Å². The molecule has 0 unspecified atom stereocenters. The number of rotatable bonds is 6. The van der Waals surface area contributed by atoms with Crippen molar-refractivity contribution in [1.82, 2.24) is 0 Å². The summed E-state index contributed by atoms with van der Waals surface area (Å²) in [4.78, 5) is 10.9. The van der Waals surface area contributed by atoms with Crippen LogP contribution in [0.5, 0.6) is 17.2 Å². The second kappa shape index (κ2) is 6.70. The van der Waals surface area contributed by atoms with Crippen molar-refractivity contribution >= 4 is 6.29 Å². The number of hydrogen-bond donors (Lipinski definition) is 0. The maximum absolute atomic E-state index is 13.4. The molecule has 0 aromatic heterocycles. The van der Waals surface area contributed by atoms with E-state index in [2.05, 4.69) is 0 Å². The van der Waals surface area contributed by atoms with E-state index in [-0.39, 0.29) is 11.3 Å². The molecule has 0 aliphatic rings. The Bertz CT molecular complexity index is 579. The van der Waals surface area contributed by atoms with E-state index in [0.29, 0.717) is 18.6 Å². The predicted octanol–water partition coefficient (Wildman–Crippen LogP) is 4.22. The number of ether oxygens (including phenoxy) is 2. The SMILES string of the molecule is CCCOc1ccc(Oc2cccc(F)c2C=O)cc1. The molecular formula is C16H15FO3. The molecule has 0 spiro atoms. The Balaban J connectivity index is 2.14. The second-order valence-corrected chi connectivity index (χ2v) is 4.19. The molecule has 2 aromatic carbocycles. The van der Waals surface area contributed by atoms with Gasteiger partial charge in [0.2, 0.25) is 0 Å². The van der Waals surface area contributed by atoms with E-state index in [4.69, 9.17) is 9.47 Å². The third-order valence-corrected chi connectivity index (χ3v) is 2.66. The van der Waals surface area contributed by atoms with Crippen molar-refractivity contribution < 1.29 is 18.7 Å². The highest BCUT2D eigenvalue weighted by molar-refractivity contribution is 5.79. The highest BCUT2D eigenvalue weighted by atomic mass is 19.1. The molecule has 0 amide bonds. The van der Waals surface area contributed by atoms with Gasteiger partial charge >= 0.3 is 0 Å². The summed E-state index contributed by atoms with van der Waals surface area (Å²) in [6, 6.07) is 11.2. The van der Waals surface area contributed by atoms with Gasteiger partial charge in [0.25, 0.3) is 0 Å². The van der Waals surface area contributed by atoms with Crippen molar-refractivity contribution in [3.8, 4) is 17.2 Å². The fourth-order valence-electron chi connectivity index (χ4n) is 1.67. The zero-order valence-electron chi connectivity index (χ0n) is 11.1. The molecule has 0 N–H and O–H groups in total. The molecule has 3 nitrogen and oxygen atoms in total. The van der Waals surface area contributed by atoms with E-state index in [1.807, 2.05) is 6.92 Å². The van der Waals surface area contributed by atoms with Gasteiger partial charge in [0.05, 0.1) is 12.2 Å². The van der Waals surface area contributed by atoms with Crippen molar-refractivity contribution in [2.75, 3.05) is 6.61 Å². The Labute approximate surface area is 117 Å². The summed E-state index contributed by atoms with van der Waals surface area (Å²) in [7, 11) is 0. The van der Waals surface area contributed by atoms with Crippen molar-refractivity contribution in [1.29, 1.82) is 0 Å². The highest BCUT2D eigenvalue weighted by Gasteiger charge is 2.09. The fourth-order valence-corrected chi connectivity index (χ4v) is 1.67. The molecule has 0 aliphatic carbocycles. The molecule has 0 aliphatic heterocycles. The van der Waals surface area contributed by atoms with E-state index in [1.165, 1.54) is 12.1 Å². The van der Waals surface area contributed by atoms with Gasteiger partial charge in [0.1, 0.15) is 23.1 Å². The first-order valence-electron chi connectivity index (χ1n) is 6.39. The molecule has 4 heteroatoms.